The number of ether oxygens (including phenoxy) is 1. The van der Waals surface area contributed by atoms with Gasteiger partial charge in [0.1, 0.15) is 23.5 Å². The Morgan fingerprint density at radius 3 is 2.36 bits per heavy atom. The van der Waals surface area contributed by atoms with E-state index in [9.17, 15) is 14.4 Å². The molecule has 0 aliphatic carbocycles. The Morgan fingerprint density at radius 1 is 0.974 bits per heavy atom. The number of fused-ring (bicyclic) bond motifs is 1. The molecule has 0 fully saturated rings. The lowest BCUT2D eigenvalue weighted by atomic mass is 9.96. The van der Waals surface area contributed by atoms with Crippen LogP contribution in [0, 0.1) is 5.92 Å². The minimum absolute atomic E-state index is 0.195. The highest BCUT2D eigenvalue weighted by atomic mass is 16.6. The van der Waals surface area contributed by atoms with E-state index in [2.05, 4.69) is 20.9 Å². The monoisotopic (exact) mass is 533 g/mol. The Bertz CT molecular complexity index is 1280. The molecule has 0 bridgehead atoms. The van der Waals surface area contributed by atoms with Crippen molar-refractivity contribution in [1.29, 1.82) is 0 Å². The molecule has 0 saturated heterocycles. The largest absolute Gasteiger partial charge is 0.444 e. The van der Waals surface area contributed by atoms with Crippen LogP contribution in [0.15, 0.2) is 60.8 Å². The first kappa shape index (κ1) is 29.4. The van der Waals surface area contributed by atoms with Gasteiger partial charge < -0.3 is 26.4 Å². The summed E-state index contributed by atoms with van der Waals surface area (Å²) in [5, 5.41) is 10.5. The molecule has 9 heteroatoms. The van der Waals surface area contributed by atoms with Crippen molar-refractivity contribution < 1.29 is 19.1 Å². The number of amides is 3. The molecule has 208 valence electrons. The van der Waals surface area contributed by atoms with Crippen LogP contribution in [0.5, 0.6) is 0 Å². The summed E-state index contributed by atoms with van der Waals surface area (Å²) in [6.07, 6.45) is 1.81. The molecule has 0 aliphatic heterocycles. The number of nitrogens with one attached hydrogen (secondary N) is 3. The fraction of sp³-hybridized carbons (Fsp3) is 0.400. The topological polar surface area (TPSA) is 135 Å². The Kier molecular flexibility index (Phi) is 9.87. The van der Waals surface area contributed by atoms with Gasteiger partial charge in [-0.3, -0.25) is 9.59 Å². The van der Waals surface area contributed by atoms with E-state index in [1.54, 1.807) is 39.1 Å². The number of pyridine rings is 1. The second-order valence-corrected chi connectivity index (χ2v) is 10.7. The second-order valence-electron chi connectivity index (χ2n) is 10.7. The standard InChI is InChI=1S/C30H39N5O4/c1-6-19(2)26(35-29(38)39-30(3,4)5)28(37)34-24(27(36)33-18-20-14-15-25(31)32-17-20)16-22-12-9-11-21-10-7-8-13-23(21)22/h7-15,17,19,24,26H,6,16,18H2,1-5H3,(H2,31,32)(H,33,36)(H,34,37)(H,35,38)/t19-,24+,26-/m1/s1. The normalized spacial score (nSPS) is 13.7. The summed E-state index contributed by atoms with van der Waals surface area (Å²) in [7, 11) is 0. The number of nitrogens with zero attached hydrogens (tertiary/aromatic N) is 1. The maximum atomic E-state index is 13.5. The van der Waals surface area contributed by atoms with E-state index in [0.717, 1.165) is 21.9 Å². The molecular formula is C30H39N5O4. The minimum atomic E-state index is -0.892. The van der Waals surface area contributed by atoms with Crippen LogP contribution in [0.25, 0.3) is 10.8 Å². The molecule has 1 aromatic heterocycles. The first-order valence-corrected chi connectivity index (χ1v) is 13.2. The maximum absolute atomic E-state index is 13.5. The van der Waals surface area contributed by atoms with Crippen LogP contribution in [0.1, 0.15) is 52.2 Å². The van der Waals surface area contributed by atoms with Crippen LogP contribution in [-0.4, -0.2) is 40.6 Å². The third-order valence-electron chi connectivity index (χ3n) is 6.42. The van der Waals surface area contributed by atoms with Crippen molar-refractivity contribution >= 4 is 34.5 Å². The number of alkyl carbamates (subject to hydrolysis) is 1. The van der Waals surface area contributed by atoms with Gasteiger partial charge in [0.05, 0.1) is 0 Å². The van der Waals surface area contributed by atoms with Crippen molar-refractivity contribution in [3.05, 3.63) is 71.9 Å². The van der Waals surface area contributed by atoms with Gasteiger partial charge in [0, 0.05) is 19.2 Å². The van der Waals surface area contributed by atoms with Gasteiger partial charge in [0.15, 0.2) is 0 Å². The van der Waals surface area contributed by atoms with Crippen molar-refractivity contribution in [2.45, 2.75) is 71.7 Å². The highest BCUT2D eigenvalue weighted by Gasteiger charge is 2.31. The van der Waals surface area contributed by atoms with E-state index in [4.69, 9.17) is 10.5 Å². The van der Waals surface area contributed by atoms with Gasteiger partial charge in [-0.05, 0) is 54.7 Å². The molecule has 0 saturated carbocycles. The summed E-state index contributed by atoms with van der Waals surface area (Å²) >= 11 is 0. The molecule has 9 nitrogen and oxygen atoms in total. The third kappa shape index (κ3) is 8.70. The smallest absolute Gasteiger partial charge is 0.408 e. The number of carbonyl (C=O) groups excluding carboxylic acids is 3. The molecular weight excluding hydrogens is 494 g/mol. The number of hydrogen-bond acceptors (Lipinski definition) is 6. The van der Waals surface area contributed by atoms with E-state index in [1.165, 1.54) is 0 Å². The Morgan fingerprint density at radius 2 is 1.69 bits per heavy atom. The first-order chi connectivity index (χ1) is 18.5. The molecule has 2 aromatic carbocycles. The number of nitrogen functional groups attached to an aromatic ring is 1. The Balaban J connectivity index is 1.84. The number of anilines is 1. The predicted octanol–water partition coefficient (Wildman–Crippen LogP) is 4.10. The molecule has 0 radical (unpaired) electrons. The molecule has 0 unspecified atom stereocenters. The summed E-state index contributed by atoms with van der Waals surface area (Å²) in [4.78, 5) is 43.6. The van der Waals surface area contributed by atoms with Gasteiger partial charge in [-0.25, -0.2) is 9.78 Å². The van der Waals surface area contributed by atoms with E-state index >= 15 is 0 Å². The molecule has 0 aliphatic rings. The molecule has 0 spiro atoms. The number of hydrogen-bond donors (Lipinski definition) is 4. The summed E-state index contributed by atoms with van der Waals surface area (Å²) < 4.78 is 5.38. The zero-order valence-corrected chi connectivity index (χ0v) is 23.3. The molecule has 3 rings (SSSR count). The fourth-order valence-corrected chi connectivity index (χ4v) is 4.15. The Hall–Kier alpha value is -4.14. The minimum Gasteiger partial charge on any atom is -0.444 e. The van der Waals surface area contributed by atoms with Crippen LogP contribution >= 0.6 is 0 Å². The van der Waals surface area contributed by atoms with Gasteiger partial charge in [0.25, 0.3) is 0 Å². The van der Waals surface area contributed by atoms with Crippen LogP contribution in [0.3, 0.4) is 0 Å². The van der Waals surface area contributed by atoms with Crippen molar-refractivity contribution in [2.24, 2.45) is 5.92 Å². The van der Waals surface area contributed by atoms with Gasteiger partial charge in [0.2, 0.25) is 11.8 Å². The molecule has 3 atom stereocenters. The van der Waals surface area contributed by atoms with Gasteiger partial charge in [-0.1, -0.05) is 68.8 Å². The lowest BCUT2D eigenvalue weighted by molar-refractivity contribution is -0.130. The highest BCUT2D eigenvalue weighted by molar-refractivity contribution is 5.92. The van der Waals surface area contributed by atoms with Crippen LogP contribution in [-0.2, 0) is 27.3 Å². The highest BCUT2D eigenvalue weighted by Crippen LogP contribution is 2.20. The molecule has 3 amide bonds. The van der Waals surface area contributed by atoms with Crippen molar-refractivity contribution in [3.8, 4) is 0 Å². The van der Waals surface area contributed by atoms with E-state index in [0.29, 0.717) is 12.2 Å². The van der Waals surface area contributed by atoms with E-state index in [-0.39, 0.29) is 24.8 Å². The lowest BCUT2D eigenvalue weighted by Gasteiger charge is -2.28. The maximum Gasteiger partial charge on any atom is 0.408 e. The molecule has 3 aromatic rings. The first-order valence-electron chi connectivity index (χ1n) is 13.2. The number of rotatable bonds is 10. The number of carbonyl (C=O) groups is 3. The van der Waals surface area contributed by atoms with Crippen LogP contribution < -0.4 is 21.7 Å². The molecule has 1 heterocycles. The average Bonchev–Trinajstić information content (AvgIpc) is 2.89. The van der Waals surface area contributed by atoms with E-state index < -0.39 is 29.7 Å². The average molecular weight is 534 g/mol. The zero-order valence-electron chi connectivity index (χ0n) is 23.3. The van der Waals surface area contributed by atoms with Crippen LogP contribution in [0.2, 0.25) is 0 Å². The van der Waals surface area contributed by atoms with E-state index in [1.807, 2.05) is 56.3 Å². The molecule has 39 heavy (non-hydrogen) atoms. The molecule has 5 N–H and O–H groups in total. The summed E-state index contributed by atoms with van der Waals surface area (Å²) in [6.45, 7) is 9.29. The zero-order chi connectivity index (χ0) is 28.6. The van der Waals surface area contributed by atoms with Gasteiger partial charge in [-0.15, -0.1) is 0 Å². The second kappa shape index (κ2) is 13.1. The third-order valence-corrected chi connectivity index (χ3v) is 6.42. The van der Waals surface area contributed by atoms with Gasteiger partial charge in [-0.2, -0.15) is 0 Å². The number of benzene rings is 2. The Labute approximate surface area is 229 Å². The summed E-state index contributed by atoms with van der Waals surface area (Å²) in [5.74, 6) is -0.614. The van der Waals surface area contributed by atoms with Crippen molar-refractivity contribution in [1.82, 2.24) is 20.9 Å². The number of nitrogens with two attached hydrogens (primary N) is 1. The SMILES string of the molecule is CC[C@@H](C)[C@@H](NC(=O)OC(C)(C)C)C(=O)N[C@@H](Cc1cccc2ccccc12)C(=O)NCc1ccc(N)nc1. The predicted molar refractivity (Wildman–Crippen MR) is 153 cm³/mol. The van der Waals surface area contributed by atoms with Crippen molar-refractivity contribution in [2.75, 3.05) is 5.73 Å². The fourth-order valence-electron chi connectivity index (χ4n) is 4.15. The van der Waals surface area contributed by atoms with Gasteiger partial charge >= 0.3 is 6.09 Å². The lowest BCUT2D eigenvalue weighted by Crippen LogP contribution is -2.56. The van der Waals surface area contributed by atoms with Crippen LogP contribution in [0.4, 0.5) is 10.6 Å². The summed E-state index contributed by atoms with van der Waals surface area (Å²) in [5.41, 5.74) is 6.64. The number of aromatic nitrogens is 1. The quantitative estimate of drug-likeness (QED) is 0.310. The summed E-state index contributed by atoms with van der Waals surface area (Å²) in [6, 6.07) is 15.5. The van der Waals surface area contributed by atoms with Crippen molar-refractivity contribution in [3.63, 3.8) is 0 Å².